The van der Waals surface area contributed by atoms with Crippen molar-refractivity contribution >= 4 is 11.7 Å². The number of fused-ring (bicyclic) bond motifs is 1. The van der Waals surface area contributed by atoms with E-state index in [9.17, 15) is 26.7 Å². The van der Waals surface area contributed by atoms with Crippen molar-refractivity contribution in [2.24, 2.45) is 0 Å². The second-order valence-corrected chi connectivity index (χ2v) is 7.65. The van der Waals surface area contributed by atoms with E-state index in [1.54, 1.807) is 17.9 Å². The van der Waals surface area contributed by atoms with Crippen LogP contribution in [0.1, 0.15) is 47.1 Å². The zero-order valence-electron chi connectivity index (χ0n) is 17.7. The molecular weight excluding hydrogens is 443 g/mol. The van der Waals surface area contributed by atoms with Crippen molar-refractivity contribution in [2.45, 2.75) is 32.6 Å². The molecule has 1 amide bonds. The predicted octanol–water partition coefficient (Wildman–Crippen LogP) is 5.59. The topological polar surface area (TPSA) is 58.1 Å². The summed E-state index contributed by atoms with van der Waals surface area (Å²) in [4.78, 5) is 21.5. The van der Waals surface area contributed by atoms with Crippen LogP contribution in [0.4, 0.5) is 27.8 Å². The fourth-order valence-electron chi connectivity index (χ4n) is 3.82. The Morgan fingerprint density at radius 1 is 1.06 bits per heavy atom. The van der Waals surface area contributed by atoms with Gasteiger partial charge in [-0.05, 0) is 49.7 Å². The van der Waals surface area contributed by atoms with Gasteiger partial charge in [-0.3, -0.25) is 9.78 Å². The van der Waals surface area contributed by atoms with Gasteiger partial charge in [-0.15, -0.1) is 0 Å². The van der Waals surface area contributed by atoms with Crippen LogP contribution < -0.4 is 5.32 Å². The lowest BCUT2D eigenvalue weighted by Crippen LogP contribution is -2.22. The van der Waals surface area contributed by atoms with Crippen LogP contribution in [-0.4, -0.2) is 27.3 Å². The molecule has 33 heavy (non-hydrogen) atoms. The average molecular weight is 462 g/mol. The number of nitrogens with zero attached hydrogens (tertiary/aromatic N) is 3. The van der Waals surface area contributed by atoms with Gasteiger partial charge >= 0.3 is 6.18 Å². The minimum Gasteiger partial charge on any atom is -0.363 e. The lowest BCUT2D eigenvalue weighted by atomic mass is 9.99. The van der Waals surface area contributed by atoms with Gasteiger partial charge in [0, 0.05) is 41.2 Å². The van der Waals surface area contributed by atoms with Crippen LogP contribution in [0.25, 0.3) is 11.1 Å². The summed E-state index contributed by atoms with van der Waals surface area (Å²) >= 11 is 0. The van der Waals surface area contributed by atoms with Gasteiger partial charge in [0.1, 0.15) is 23.1 Å². The van der Waals surface area contributed by atoms with Crippen LogP contribution in [-0.2, 0) is 12.7 Å². The van der Waals surface area contributed by atoms with Gasteiger partial charge in [-0.1, -0.05) is 0 Å². The van der Waals surface area contributed by atoms with Gasteiger partial charge in [0.2, 0.25) is 0 Å². The molecule has 3 heterocycles. The largest absolute Gasteiger partial charge is 0.433 e. The molecule has 0 unspecified atom stereocenters. The first-order chi connectivity index (χ1) is 15.6. The zero-order chi connectivity index (χ0) is 23.9. The number of benzene rings is 1. The summed E-state index contributed by atoms with van der Waals surface area (Å²) in [5.41, 5.74) is -0.497. The van der Waals surface area contributed by atoms with Gasteiger partial charge in [-0.2, -0.15) is 13.2 Å². The van der Waals surface area contributed by atoms with Crippen molar-refractivity contribution in [3.05, 3.63) is 76.7 Å². The maximum Gasteiger partial charge on any atom is 0.433 e. The Morgan fingerprint density at radius 3 is 2.48 bits per heavy atom. The number of rotatable bonds is 5. The standard InChI is InChI=1S/C23H19F5N4O/c1-3-32-11-17-14(22(32)33)5-7-30-21(17)31-12(2)15-9-19(25)16(10-18(15)24)13-4-6-29-20(8-13)23(26,27)28/h4-10,12H,3,11H2,1-2H3,(H,30,31)/t12-/m0/s1. The van der Waals surface area contributed by atoms with E-state index in [1.165, 1.54) is 12.3 Å². The Bertz CT molecular complexity index is 1230. The lowest BCUT2D eigenvalue weighted by molar-refractivity contribution is -0.141. The molecule has 172 valence electrons. The zero-order valence-corrected chi connectivity index (χ0v) is 17.7. The van der Waals surface area contributed by atoms with Gasteiger partial charge in [-0.25, -0.2) is 13.8 Å². The van der Waals surface area contributed by atoms with Crippen LogP contribution in [0.2, 0.25) is 0 Å². The number of halogens is 5. The second kappa shape index (κ2) is 8.42. The molecule has 0 saturated heterocycles. The van der Waals surface area contributed by atoms with Crippen LogP contribution in [0.3, 0.4) is 0 Å². The average Bonchev–Trinajstić information content (AvgIpc) is 3.11. The summed E-state index contributed by atoms with van der Waals surface area (Å²) in [6, 6.07) is 4.55. The molecular formula is C23H19F5N4O. The number of hydrogen-bond donors (Lipinski definition) is 1. The van der Waals surface area contributed by atoms with Crippen LogP contribution >= 0.6 is 0 Å². The number of anilines is 1. The van der Waals surface area contributed by atoms with E-state index in [-0.39, 0.29) is 22.6 Å². The normalized spacial score (nSPS) is 14.4. The van der Waals surface area contributed by atoms with Gasteiger partial charge in [0.15, 0.2) is 0 Å². The number of hydrogen-bond acceptors (Lipinski definition) is 4. The minimum atomic E-state index is -4.71. The maximum atomic E-state index is 14.9. The highest BCUT2D eigenvalue weighted by atomic mass is 19.4. The quantitative estimate of drug-likeness (QED) is 0.503. The van der Waals surface area contributed by atoms with Crippen molar-refractivity contribution in [3.8, 4) is 11.1 Å². The smallest absolute Gasteiger partial charge is 0.363 e. The molecule has 0 spiro atoms. The molecule has 2 aromatic heterocycles. The van der Waals surface area contributed by atoms with Crippen molar-refractivity contribution in [1.82, 2.24) is 14.9 Å². The molecule has 1 aliphatic rings. The Balaban J connectivity index is 1.64. The molecule has 10 heteroatoms. The molecule has 5 nitrogen and oxygen atoms in total. The third kappa shape index (κ3) is 4.24. The fourth-order valence-corrected chi connectivity index (χ4v) is 3.82. The highest BCUT2D eigenvalue weighted by Crippen LogP contribution is 2.34. The van der Waals surface area contributed by atoms with Crippen molar-refractivity contribution in [1.29, 1.82) is 0 Å². The molecule has 0 saturated carbocycles. The number of aromatic nitrogens is 2. The highest BCUT2D eigenvalue weighted by molar-refractivity contribution is 5.99. The van der Waals surface area contributed by atoms with Crippen LogP contribution in [0, 0.1) is 11.6 Å². The summed E-state index contributed by atoms with van der Waals surface area (Å²) in [6.45, 7) is 4.33. The molecule has 3 aromatic rings. The first-order valence-corrected chi connectivity index (χ1v) is 10.2. The summed E-state index contributed by atoms with van der Waals surface area (Å²) in [7, 11) is 0. The molecule has 1 atom stereocenters. The summed E-state index contributed by atoms with van der Waals surface area (Å²) in [6.07, 6.45) is -2.34. The van der Waals surface area contributed by atoms with E-state index in [2.05, 4.69) is 15.3 Å². The number of nitrogens with one attached hydrogen (secondary N) is 1. The molecule has 1 aliphatic heterocycles. The summed E-state index contributed by atoms with van der Waals surface area (Å²) in [5, 5.41) is 3.02. The number of alkyl halides is 3. The van der Waals surface area contributed by atoms with Crippen molar-refractivity contribution in [3.63, 3.8) is 0 Å². The van der Waals surface area contributed by atoms with E-state index in [0.29, 0.717) is 36.1 Å². The van der Waals surface area contributed by atoms with Gasteiger partial charge in [0.05, 0.1) is 12.6 Å². The molecule has 0 aliphatic carbocycles. The molecule has 1 aromatic carbocycles. The SMILES string of the molecule is CCN1Cc2c(ccnc2N[C@@H](C)c2cc(F)c(-c3ccnc(C(F)(F)F)c3)cc2F)C1=O. The summed E-state index contributed by atoms with van der Waals surface area (Å²) in [5.74, 6) is -1.41. The highest BCUT2D eigenvalue weighted by Gasteiger charge is 2.33. The molecule has 0 fully saturated rings. The number of carbonyl (C=O) groups excluding carboxylic acids is 1. The van der Waals surface area contributed by atoms with E-state index < -0.39 is 29.5 Å². The Labute approximate surface area is 186 Å². The molecule has 0 bridgehead atoms. The first kappa shape index (κ1) is 22.6. The van der Waals surface area contributed by atoms with Crippen molar-refractivity contribution < 1.29 is 26.7 Å². The second-order valence-electron chi connectivity index (χ2n) is 7.65. The lowest BCUT2D eigenvalue weighted by Gasteiger charge is -2.19. The van der Waals surface area contributed by atoms with Crippen LogP contribution in [0.15, 0.2) is 42.7 Å². The maximum absolute atomic E-state index is 14.9. The Kier molecular flexibility index (Phi) is 5.77. The van der Waals surface area contributed by atoms with E-state index in [1.807, 2.05) is 6.92 Å². The minimum absolute atomic E-state index is 0.0302. The molecule has 1 N–H and O–H groups in total. The molecule has 4 rings (SSSR count). The van der Waals surface area contributed by atoms with Crippen molar-refractivity contribution in [2.75, 3.05) is 11.9 Å². The van der Waals surface area contributed by atoms with E-state index in [4.69, 9.17) is 0 Å². The number of carbonyl (C=O) groups is 1. The van der Waals surface area contributed by atoms with E-state index in [0.717, 1.165) is 18.3 Å². The predicted molar refractivity (Wildman–Crippen MR) is 111 cm³/mol. The fraction of sp³-hybridized carbons (Fsp3) is 0.261. The molecule has 0 radical (unpaired) electrons. The summed E-state index contributed by atoms with van der Waals surface area (Å²) < 4.78 is 68.6. The first-order valence-electron chi connectivity index (χ1n) is 10.2. The van der Waals surface area contributed by atoms with E-state index >= 15 is 0 Å². The van der Waals surface area contributed by atoms with Gasteiger partial charge < -0.3 is 10.2 Å². The number of amides is 1. The Morgan fingerprint density at radius 2 is 1.79 bits per heavy atom. The monoisotopic (exact) mass is 462 g/mol. The van der Waals surface area contributed by atoms with Gasteiger partial charge in [0.25, 0.3) is 5.91 Å². The third-order valence-corrected chi connectivity index (χ3v) is 5.57. The van der Waals surface area contributed by atoms with Crippen LogP contribution in [0.5, 0.6) is 0 Å². The third-order valence-electron chi connectivity index (χ3n) is 5.57. The number of pyridine rings is 2. The Hall–Kier alpha value is -3.56.